The molecule has 0 spiro atoms. The Labute approximate surface area is 71.6 Å². The molecule has 0 amide bonds. The van der Waals surface area contributed by atoms with E-state index >= 15 is 0 Å². The number of hydrogen-bond acceptors (Lipinski definition) is 4. The summed E-state index contributed by atoms with van der Waals surface area (Å²) in [6.45, 7) is 1.77. The molecule has 0 unspecified atom stereocenters. The van der Waals surface area contributed by atoms with Gasteiger partial charge in [-0.3, -0.25) is 0 Å². The highest BCUT2D eigenvalue weighted by Crippen LogP contribution is 2.12. The monoisotopic (exact) mass is 170 g/mol. The fourth-order valence-corrected chi connectivity index (χ4v) is 1.29. The minimum absolute atomic E-state index is 0.237. The van der Waals surface area contributed by atoms with Gasteiger partial charge in [-0.1, -0.05) is 0 Å². The molecule has 1 rings (SSSR count). The van der Waals surface area contributed by atoms with E-state index in [-0.39, 0.29) is 5.92 Å². The van der Waals surface area contributed by atoms with E-state index in [1.165, 1.54) is 0 Å². The van der Waals surface area contributed by atoms with Gasteiger partial charge in [0.1, 0.15) is 12.6 Å². The third kappa shape index (κ3) is 2.50. The average molecular weight is 170 g/mol. The lowest BCUT2D eigenvalue weighted by Gasteiger charge is -2.27. The van der Waals surface area contributed by atoms with Gasteiger partial charge in [-0.25, -0.2) is 11.4 Å². The molecule has 1 saturated heterocycles. The van der Waals surface area contributed by atoms with Crippen LogP contribution in [0.25, 0.3) is 0 Å². The number of nitrogens with two attached hydrogens (primary N) is 1. The quantitative estimate of drug-likeness (QED) is 0.193. The molecule has 1 fully saturated rings. The Bertz CT molecular complexity index is 163. The molecule has 0 radical (unpaired) electrons. The Morgan fingerprint density at radius 2 is 2.17 bits per heavy atom. The predicted octanol–water partition coefficient (Wildman–Crippen LogP) is -0.696. The van der Waals surface area contributed by atoms with E-state index in [1.807, 2.05) is 4.90 Å². The highest BCUT2D eigenvalue weighted by atomic mass is 16.1. The largest absolute Gasteiger partial charge is 0.361 e. The van der Waals surface area contributed by atoms with Crippen molar-refractivity contribution in [1.82, 2.24) is 10.4 Å². The molecule has 0 saturated carbocycles. The average Bonchev–Trinajstić information content (AvgIpc) is 2.15. The van der Waals surface area contributed by atoms with Crippen LogP contribution >= 0.6 is 0 Å². The van der Waals surface area contributed by atoms with Gasteiger partial charge in [0.2, 0.25) is 0 Å². The van der Waals surface area contributed by atoms with Gasteiger partial charge >= 0.3 is 0 Å². The molecular formula is C7H14N4O. The Kier molecular flexibility index (Phi) is 3.53. The molecule has 0 aliphatic carbocycles. The van der Waals surface area contributed by atoms with Crippen LogP contribution in [0.2, 0.25) is 0 Å². The van der Waals surface area contributed by atoms with Gasteiger partial charge in [-0.2, -0.15) is 5.10 Å². The SMILES string of the molecule is NNN=CN1CCC(C=O)CC1. The van der Waals surface area contributed by atoms with Gasteiger partial charge in [-0.15, -0.1) is 0 Å². The minimum Gasteiger partial charge on any atom is -0.361 e. The van der Waals surface area contributed by atoms with Crippen molar-refractivity contribution >= 4 is 12.6 Å². The van der Waals surface area contributed by atoms with Crippen molar-refractivity contribution in [2.45, 2.75) is 12.8 Å². The molecule has 12 heavy (non-hydrogen) atoms. The summed E-state index contributed by atoms with van der Waals surface area (Å²) in [5, 5.41) is 3.69. The van der Waals surface area contributed by atoms with Crippen molar-refractivity contribution < 1.29 is 4.79 Å². The molecule has 0 aromatic rings. The van der Waals surface area contributed by atoms with Crippen LogP contribution < -0.4 is 11.4 Å². The van der Waals surface area contributed by atoms with Crippen molar-refractivity contribution in [3.63, 3.8) is 0 Å². The van der Waals surface area contributed by atoms with Crippen LogP contribution in [0.1, 0.15) is 12.8 Å². The standard InChI is InChI=1S/C7H14N4O/c8-10-9-6-11-3-1-7(5-12)2-4-11/h5-7,10H,1-4,8H2. The van der Waals surface area contributed by atoms with Crippen molar-refractivity contribution in [1.29, 1.82) is 0 Å². The number of rotatable bonds is 3. The van der Waals surface area contributed by atoms with Gasteiger partial charge < -0.3 is 9.69 Å². The molecule has 0 atom stereocenters. The molecule has 3 N–H and O–H groups in total. The maximum absolute atomic E-state index is 10.4. The summed E-state index contributed by atoms with van der Waals surface area (Å²) in [6, 6.07) is 0. The second-order valence-corrected chi connectivity index (χ2v) is 2.88. The van der Waals surface area contributed by atoms with Crippen LogP contribution in [-0.4, -0.2) is 30.6 Å². The van der Waals surface area contributed by atoms with E-state index in [1.54, 1.807) is 6.34 Å². The van der Waals surface area contributed by atoms with E-state index in [9.17, 15) is 4.79 Å². The molecule has 1 aliphatic rings. The Morgan fingerprint density at radius 1 is 1.50 bits per heavy atom. The molecule has 0 aromatic carbocycles. The number of carbonyl (C=O) groups excluding carboxylic acids is 1. The van der Waals surface area contributed by atoms with E-state index in [4.69, 9.17) is 5.84 Å². The van der Waals surface area contributed by atoms with Gasteiger partial charge in [0.15, 0.2) is 0 Å². The molecule has 1 aliphatic heterocycles. The number of hydrogen-bond donors (Lipinski definition) is 2. The zero-order valence-electron chi connectivity index (χ0n) is 6.94. The maximum Gasteiger partial charge on any atom is 0.123 e. The van der Waals surface area contributed by atoms with Crippen LogP contribution in [0.3, 0.4) is 0 Å². The molecule has 0 aromatic heterocycles. The van der Waals surface area contributed by atoms with Gasteiger partial charge in [0, 0.05) is 19.0 Å². The first-order chi connectivity index (χ1) is 5.86. The van der Waals surface area contributed by atoms with E-state index < -0.39 is 0 Å². The molecule has 1 heterocycles. The molecular weight excluding hydrogens is 156 g/mol. The summed E-state index contributed by atoms with van der Waals surface area (Å²) in [7, 11) is 0. The summed E-state index contributed by atoms with van der Waals surface area (Å²) < 4.78 is 0. The Hall–Kier alpha value is -1.10. The number of nitrogens with zero attached hydrogens (tertiary/aromatic N) is 2. The molecule has 0 bridgehead atoms. The van der Waals surface area contributed by atoms with E-state index in [0.717, 1.165) is 32.2 Å². The number of hydrazone groups is 1. The van der Waals surface area contributed by atoms with Crippen LogP contribution in [0.5, 0.6) is 0 Å². The van der Waals surface area contributed by atoms with Crippen molar-refractivity contribution in [2.24, 2.45) is 16.9 Å². The number of nitrogens with one attached hydrogen (secondary N) is 1. The van der Waals surface area contributed by atoms with Crippen LogP contribution in [-0.2, 0) is 4.79 Å². The fraction of sp³-hybridized carbons (Fsp3) is 0.714. The summed E-state index contributed by atoms with van der Waals surface area (Å²) in [5.74, 6) is 5.20. The first-order valence-electron chi connectivity index (χ1n) is 4.05. The topological polar surface area (TPSA) is 70.7 Å². The summed E-state index contributed by atoms with van der Waals surface area (Å²) in [6.07, 6.45) is 4.54. The first kappa shape index (κ1) is 8.99. The summed E-state index contributed by atoms with van der Waals surface area (Å²) in [5.41, 5.74) is 2.20. The summed E-state index contributed by atoms with van der Waals surface area (Å²) in [4.78, 5) is 12.4. The molecule has 5 heteroatoms. The number of piperidine rings is 1. The number of hydrazine groups is 1. The fourth-order valence-electron chi connectivity index (χ4n) is 1.29. The van der Waals surface area contributed by atoms with Crippen molar-refractivity contribution in [3.8, 4) is 0 Å². The molecule has 68 valence electrons. The zero-order chi connectivity index (χ0) is 8.81. The lowest BCUT2D eigenvalue weighted by molar-refractivity contribution is -0.112. The van der Waals surface area contributed by atoms with Crippen LogP contribution in [0, 0.1) is 5.92 Å². The smallest absolute Gasteiger partial charge is 0.123 e. The zero-order valence-corrected chi connectivity index (χ0v) is 6.94. The van der Waals surface area contributed by atoms with Crippen molar-refractivity contribution in [3.05, 3.63) is 0 Å². The normalized spacial score (nSPS) is 19.9. The highest BCUT2D eigenvalue weighted by molar-refractivity contribution is 5.57. The second-order valence-electron chi connectivity index (χ2n) is 2.88. The Morgan fingerprint density at radius 3 is 2.67 bits per heavy atom. The minimum atomic E-state index is 0.237. The van der Waals surface area contributed by atoms with Gasteiger partial charge in [0.05, 0.1) is 0 Å². The Balaban J connectivity index is 2.26. The molecule has 5 nitrogen and oxygen atoms in total. The van der Waals surface area contributed by atoms with E-state index in [2.05, 4.69) is 10.6 Å². The summed E-state index contributed by atoms with van der Waals surface area (Å²) >= 11 is 0. The van der Waals surface area contributed by atoms with Crippen LogP contribution in [0.15, 0.2) is 5.10 Å². The van der Waals surface area contributed by atoms with Gasteiger partial charge in [-0.05, 0) is 12.8 Å². The lowest BCUT2D eigenvalue weighted by Crippen LogP contribution is -2.34. The predicted molar refractivity (Wildman–Crippen MR) is 46.2 cm³/mol. The van der Waals surface area contributed by atoms with Gasteiger partial charge in [0.25, 0.3) is 0 Å². The van der Waals surface area contributed by atoms with Crippen LogP contribution in [0.4, 0.5) is 0 Å². The highest BCUT2D eigenvalue weighted by Gasteiger charge is 2.15. The third-order valence-corrected chi connectivity index (χ3v) is 2.06. The lowest BCUT2D eigenvalue weighted by atomic mass is 9.99. The third-order valence-electron chi connectivity index (χ3n) is 2.06. The van der Waals surface area contributed by atoms with E-state index in [0.29, 0.717) is 0 Å². The number of aldehydes is 1. The maximum atomic E-state index is 10.4. The van der Waals surface area contributed by atoms with Crippen molar-refractivity contribution in [2.75, 3.05) is 13.1 Å². The number of carbonyl (C=O) groups is 1. The first-order valence-corrected chi connectivity index (χ1v) is 4.05. The second kappa shape index (κ2) is 4.71. The number of likely N-dealkylation sites (tertiary alicyclic amines) is 1.